The van der Waals surface area contributed by atoms with E-state index in [1.165, 1.54) is 0 Å². The van der Waals surface area contributed by atoms with Gasteiger partial charge < -0.3 is 9.64 Å². The van der Waals surface area contributed by atoms with Gasteiger partial charge in [-0.15, -0.1) is 0 Å². The standard InChI is InChI=1S/C19H32N2O2/c1-5-21(6-2)14-13-20-18(17-10-8-7-9-11-17)19(22)23-15-12-16(3)4/h7-11,16,18,20H,5-6,12-15H2,1-4H3/t18-/m0/s1. The zero-order valence-corrected chi connectivity index (χ0v) is 15.0. The molecule has 0 bridgehead atoms. The molecule has 0 saturated carbocycles. The topological polar surface area (TPSA) is 41.6 Å². The monoisotopic (exact) mass is 320 g/mol. The maximum atomic E-state index is 12.4. The number of hydrogen-bond donors (Lipinski definition) is 1. The molecule has 4 nitrogen and oxygen atoms in total. The van der Waals surface area contributed by atoms with Gasteiger partial charge in [0, 0.05) is 13.1 Å². The van der Waals surface area contributed by atoms with Crippen molar-refractivity contribution in [2.45, 2.75) is 40.2 Å². The zero-order valence-electron chi connectivity index (χ0n) is 15.0. The lowest BCUT2D eigenvalue weighted by Crippen LogP contribution is -2.37. The predicted molar refractivity (Wildman–Crippen MR) is 95.4 cm³/mol. The molecule has 0 aliphatic rings. The second-order valence-electron chi connectivity index (χ2n) is 6.17. The first-order chi connectivity index (χ1) is 11.1. The Morgan fingerprint density at radius 3 is 2.39 bits per heavy atom. The van der Waals surface area contributed by atoms with Crippen LogP contribution >= 0.6 is 0 Å². The number of carbonyl (C=O) groups is 1. The van der Waals surface area contributed by atoms with Crippen LogP contribution in [0.15, 0.2) is 30.3 Å². The van der Waals surface area contributed by atoms with E-state index in [1.54, 1.807) is 0 Å². The maximum Gasteiger partial charge on any atom is 0.327 e. The first-order valence-electron chi connectivity index (χ1n) is 8.75. The van der Waals surface area contributed by atoms with Gasteiger partial charge in [-0.05, 0) is 31.0 Å². The number of likely N-dealkylation sites (N-methyl/N-ethyl adjacent to an activating group) is 1. The van der Waals surface area contributed by atoms with Gasteiger partial charge in [0.1, 0.15) is 6.04 Å². The molecule has 0 radical (unpaired) electrons. The van der Waals surface area contributed by atoms with Crippen LogP contribution in [-0.2, 0) is 9.53 Å². The largest absolute Gasteiger partial charge is 0.464 e. The molecule has 0 unspecified atom stereocenters. The van der Waals surface area contributed by atoms with E-state index in [2.05, 4.69) is 37.9 Å². The second kappa shape index (κ2) is 11.2. The van der Waals surface area contributed by atoms with Gasteiger partial charge in [0.25, 0.3) is 0 Å². The molecule has 0 heterocycles. The molecule has 1 rings (SSSR count). The normalized spacial score (nSPS) is 12.6. The van der Waals surface area contributed by atoms with Crippen molar-refractivity contribution in [2.75, 3.05) is 32.8 Å². The molecule has 4 heteroatoms. The highest BCUT2D eigenvalue weighted by Gasteiger charge is 2.21. The number of nitrogens with one attached hydrogen (secondary N) is 1. The summed E-state index contributed by atoms with van der Waals surface area (Å²) in [5, 5.41) is 3.36. The van der Waals surface area contributed by atoms with Crippen LogP contribution in [0, 0.1) is 5.92 Å². The summed E-state index contributed by atoms with van der Waals surface area (Å²) in [6.07, 6.45) is 0.896. The first kappa shape index (κ1) is 19.7. The average molecular weight is 320 g/mol. The molecule has 130 valence electrons. The molecule has 0 aliphatic carbocycles. The lowest BCUT2D eigenvalue weighted by Gasteiger charge is -2.22. The van der Waals surface area contributed by atoms with Crippen molar-refractivity contribution in [3.8, 4) is 0 Å². The van der Waals surface area contributed by atoms with Crippen LogP contribution in [0.25, 0.3) is 0 Å². The Balaban J connectivity index is 2.61. The van der Waals surface area contributed by atoms with Crippen LogP contribution in [0.1, 0.15) is 45.7 Å². The SMILES string of the molecule is CCN(CC)CCN[C@H](C(=O)OCCC(C)C)c1ccccc1. The molecule has 0 fully saturated rings. The summed E-state index contributed by atoms with van der Waals surface area (Å²) in [5.74, 6) is 0.352. The van der Waals surface area contributed by atoms with E-state index in [9.17, 15) is 4.79 Å². The van der Waals surface area contributed by atoms with Crippen LogP contribution in [0.5, 0.6) is 0 Å². The molecular weight excluding hydrogens is 288 g/mol. The zero-order chi connectivity index (χ0) is 17.1. The van der Waals surface area contributed by atoms with E-state index in [1.807, 2.05) is 30.3 Å². The Bertz CT molecular complexity index is 430. The molecule has 1 aromatic rings. The number of ether oxygens (including phenoxy) is 1. The third kappa shape index (κ3) is 7.62. The van der Waals surface area contributed by atoms with Crippen molar-refractivity contribution in [1.82, 2.24) is 10.2 Å². The molecule has 1 atom stereocenters. The molecule has 1 aromatic carbocycles. The smallest absolute Gasteiger partial charge is 0.327 e. The molecule has 23 heavy (non-hydrogen) atoms. The quantitative estimate of drug-likeness (QED) is 0.636. The highest BCUT2D eigenvalue weighted by Crippen LogP contribution is 2.15. The number of benzene rings is 1. The van der Waals surface area contributed by atoms with Crippen LogP contribution in [0.2, 0.25) is 0 Å². The number of esters is 1. The second-order valence-corrected chi connectivity index (χ2v) is 6.17. The van der Waals surface area contributed by atoms with E-state index in [0.29, 0.717) is 12.5 Å². The van der Waals surface area contributed by atoms with E-state index in [4.69, 9.17) is 4.74 Å². The van der Waals surface area contributed by atoms with Gasteiger partial charge in [0.2, 0.25) is 0 Å². The van der Waals surface area contributed by atoms with E-state index < -0.39 is 0 Å². The number of rotatable bonds is 11. The van der Waals surface area contributed by atoms with Crippen LogP contribution in [0.3, 0.4) is 0 Å². The fraction of sp³-hybridized carbons (Fsp3) is 0.632. The lowest BCUT2D eigenvalue weighted by molar-refractivity contribution is -0.146. The Morgan fingerprint density at radius 2 is 1.83 bits per heavy atom. The number of hydrogen-bond acceptors (Lipinski definition) is 4. The van der Waals surface area contributed by atoms with Crippen molar-refractivity contribution >= 4 is 5.97 Å². The predicted octanol–water partition coefficient (Wildman–Crippen LogP) is 3.25. The summed E-state index contributed by atoms with van der Waals surface area (Å²) < 4.78 is 5.46. The fourth-order valence-corrected chi connectivity index (χ4v) is 2.37. The summed E-state index contributed by atoms with van der Waals surface area (Å²) in [4.78, 5) is 14.8. The highest BCUT2D eigenvalue weighted by atomic mass is 16.5. The summed E-state index contributed by atoms with van der Waals surface area (Å²) in [6, 6.07) is 9.42. The summed E-state index contributed by atoms with van der Waals surface area (Å²) in [7, 11) is 0. The third-order valence-corrected chi connectivity index (χ3v) is 3.98. The van der Waals surface area contributed by atoms with Gasteiger partial charge in [0.05, 0.1) is 6.61 Å². The Kier molecular flexibility index (Phi) is 9.57. The van der Waals surface area contributed by atoms with Crippen LogP contribution in [0.4, 0.5) is 0 Å². The molecule has 0 amide bonds. The van der Waals surface area contributed by atoms with Gasteiger partial charge in [-0.3, -0.25) is 5.32 Å². The van der Waals surface area contributed by atoms with E-state index in [0.717, 1.165) is 38.2 Å². The summed E-state index contributed by atoms with van der Waals surface area (Å²) in [6.45, 7) is 12.8. The van der Waals surface area contributed by atoms with Crippen molar-refractivity contribution in [1.29, 1.82) is 0 Å². The molecule has 0 aromatic heterocycles. The minimum absolute atomic E-state index is 0.184. The fourth-order valence-electron chi connectivity index (χ4n) is 2.37. The van der Waals surface area contributed by atoms with E-state index >= 15 is 0 Å². The van der Waals surface area contributed by atoms with Crippen LogP contribution in [-0.4, -0.2) is 43.7 Å². The van der Waals surface area contributed by atoms with Crippen molar-refractivity contribution in [3.05, 3.63) is 35.9 Å². The van der Waals surface area contributed by atoms with Crippen molar-refractivity contribution in [2.24, 2.45) is 5.92 Å². The molecule has 0 aliphatic heterocycles. The minimum Gasteiger partial charge on any atom is -0.464 e. The van der Waals surface area contributed by atoms with E-state index in [-0.39, 0.29) is 12.0 Å². The first-order valence-corrected chi connectivity index (χ1v) is 8.75. The molecule has 0 saturated heterocycles. The van der Waals surface area contributed by atoms with Crippen molar-refractivity contribution < 1.29 is 9.53 Å². The Hall–Kier alpha value is -1.39. The minimum atomic E-state index is -0.390. The Morgan fingerprint density at radius 1 is 1.17 bits per heavy atom. The molecular formula is C19H32N2O2. The van der Waals surface area contributed by atoms with Gasteiger partial charge in [0.15, 0.2) is 0 Å². The maximum absolute atomic E-state index is 12.4. The summed E-state index contributed by atoms with van der Waals surface area (Å²) >= 11 is 0. The summed E-state index contributed by atoms with van der Waals surface area (Å²) in [5.41, 5.74) is 0.960. The lowest BCUT2D eigenvalue weighted by atomic mass is 10.1. The molecule has 0 spiro atoms. The number of nitrogens with zero attached hydrogens (tertiary/aromatic N) is 1. The Labute approximate surface area is 141 Å². The highest BCUT2D eigenvalue weighted by molar-refractivity contribution is 5.77. The van der Waals surface area contributed by atoms with Crippen LogP contribution < -0.4 is 5.32 Å². The van der Waals surface area contributed by atoms with Gasteiger partial charge >= 0.3 is 5.97 Å². The van der Waals surface area contributed by atoms with Crippen molar-refractivity contribution in [3.63, 3.8) is 0 Å². The number of carbonyl (C=O) groups excluding carboxylic acids is 1. The van der Waals surface area contributed by atoms with Gasteiger partial charge in [-0.2, -0.15) is 0 Å². The molecule has 1 N–H and O–H groups in total. The average Bonchev–Trinajstić information content (AvgIpc) is 2.55. The van der Waals surface area contributed by atoms with Gasteiger partial charge in [-0.25, -0.2) is 4.79 Å². The van der Waals surface area contributed by atoms with Gasteiger partial charge in [-0.1, -0.05) is 58.0 Å². The third-order valence-electron chi connectivity index (χ3n) is 3.98.